The van der Waals surface area contributed by atoms with Crippen LogP contribution >= 0.6 is 0 Å². The van der Waals surface area contributed by atoms with Gasteiger partial charge in [-0.2, -0.15) is 0 Å². The predicted molar refractivity (Wildman–Crippen MR) is 94.5 cm³/mol. The molecule has 6 atom stereocenters. The van der Waals surface area contributed by atoms with Gasteiger partial charge in [-0.3, -0.25) is 0 Å². The highest BCUT2D eigenvalue weighted by Gasteiger charge is 2.71. The molecule has 2 bridgehead atoms. The molecule has 3 heteroatoms. The second-order valence-corrected chi connectivity index (χ2v) is 10.1. The number of hydrogen-bond donors (Lipinski definition) is 1. The van der Waals surface area contributed by atoms with Crippen molar-refractivity contribution in [1.82, 2.24) is 0 Å². The van der Waals surface area contributed by atoms with E-state index >= 15 is 0 Å². The summed E-state index contributed by atoms with van der Waals surface area (Å²) in [6.45, 7) is 15.4. The molecule has 24 heavy (non-hydrogen) atoms. The van der Waals surface area contributed by atoms with Gasteiger partial charge in [-0.1, -0.05) is 45.8 Å². The summed E-state index contributed by atoms with van der Waals surface area (Å²) in [7, 11) is 0. The molecule has 0 unspecified atom stereocenters. The lowest BCUT2D eigenvalue weighted by molar-refractivity contribution is -0.205. The van der Waals surface area contributed by atoms with Crippen LogP contribution in [0.15, 0.2) is 12.2 Å². The fourth-order valence-electron chi connectivity index (χ4n) is 6.80. The molecule has 136 valence electrons. The van der Waals surface area contributed by atoms with E-state index in [-0.39, 0.29) is 23.0 Å². The summed E-state index contributed by atoms with van der Waals surface area (Å²) in [5.41, 5.74) is 0.254. The van der Waals surface area contributed by atoms with Crippen molar-refractivity contribution in [3.8, 4) is 0 Å². The average Bonchev–Trinajstić information content (AvgIpc) is 2.71. The van der Waals surface area contributed by atoms with E-state index in [1.807, 2.05) is 13.8 Å². The minimum absolute atomic E-state index is 0.0269. The van der Waals surface area contributed by atoms with E-state index in [9.17, 15) is 5.11 Å². The summed E-state index contributed by atoms with van der Waals surface area (Å²) in [5, 5.41) is 11.8. The molecule has 1 N–H and O–H groups in total. The molecule has 3 nitrogen and oxygen atoms in total. The van der Waals surface area contributed by atoms with Crippen LogP contribution in [-0.4, -0.2) is 28.2 Å². The van der Waals surface area contributed by atoms with Gasteiger partial charge < -0.3 is 14.6 Å². The molecule has 0 aromatic rings. The molecular formula is C21H34O3. The fraction of sp³-hybridized carbons (Fsp3) is 0.905. The highest BCUT2D eigenvalue weighted by atomic mass is 16.8. The topological polar surface area (TPSA) is 38.7 Å². The lowest BCUT2D eigenvalue weighted by Gasteiger charge is -2.53. The van der Waals surface area contributed by atoms with E-state index in [1.165, 1.54) is 12.0 Å². The van der Waals surface area contributed by atoms with Crippen LogP contribution in [0.1, 0.15) is 73.1 Å². The van der Waals surface area contributed by atoms with E-state index < -0.39 is 11.4 Å². The van der Waals surface area contributed by atoms with Crippen LogP contribution in [0.25, 0.3) is 0 Å². The van der Waals surface area contributed by atoms with Crippen LogP contribution in [-0.2, 0) is 9.47 Å². The summed E-state index contributed by atoms with van der Waals surface area (Å²) in [6, 6.07) is 0. The van der Waals surface area contributed by atoms with Crippen molar-refractivity contribution in [3.63, 3.8) is 0 Å². The van der Waals surface area contributed by atoms with Crippen LogP contribution in [0.3, 0.4) is 0 Å². The Morgan fingerprint density at radius 2 is 1.88 bits per heavy atom. The average molecular weight is 335 g/mol. The third-order valence-electron chi connectivity index (χ3n) is 7.96. The van der Waals surface area contributed by atoms with Gasteiger partial charge in [-0.05, 0) is 51.4 Å². The zero-order valence-corrected chi connectivity index (χ0v) is 16.0. The van der Waals surface area contributed by atoms with Gasteiger partial charge in [0.05, 0.1) is 11.7 Å². The van der Waals surface area contributed by atoms with Gasteiger partial charge in [-0.25, -0.2) is 0 Å². The van der Waals surface area contributed by atoms with Gasteiger partial charge >= 0.3 is 0 Å². The fourth-order valence-corrected chi connectivity index (χ4v) is 6.80. The third kappa shape index (κ3) is 2.01. The summed E-state index contributed by atoms with van der Waals surface area (Å²) in [5.74, 6) is 0.335. The van der Waals surface area contributed by atoms with Crippen molar-refractivity contribution in [2.24, 2.45) is 23.2 Å². The van der Waals surface area contributed by atoms with E-state index in [2.05, 4.69) is 27.4 Å². The minimum Gasteiger partial charge on any atom is -0.389 e. The molecule has 3 aliphatic carbocycles. The monoisotopic (exact) mass is 334 g/mol. The second-order valence-electron chi connectivity index (χ2n) is 10.1. The second kappa shape index (κ2) is 4.86. The van der Waals surface area contributed by atoms with Crippen LogP contribution in [0.4, 0.5) is 0 Å². The lowest BCUT2D eigenvalue weighted by atomic mass is 9.56. The molecule has 0 aromatic heterocycles. The highest BCUT2D eigenvalue weighted by Crippen LogP contribution is 2.66. The Kier molecular flexibility index (Phi) is 3.46. The van der Waals surface area contributed by atoms with Gasteiger partial charge in [0.2, 0.25) is 0 Å². The molecule has 1 aliphatic heterocycles. The quantitative estimate of drug-likeness (QED) is 0.666. The molecule has 1 saturated heterocycles. The third-order valence-corrected chi connectivity index (χ3v) is 7.96. The predicted octanol–water partition coefficient (Wildman–Crippen LogP) is 4.44. The Hall–Kier alpha value is -0.380. The normalized spacial score (nSPS) is 52.3. The van der Waals surface area contributed by atoms with Crippen LogP contribution in [0.2, 0.25) is 0 Å². The molecule has 0 radical (unpaired) electrons. The Morgan fingerprint density at radius 3 is 2.58 bits per heavy atom. The van der Waals surface area contributed by atoms with Crippen molar-refractivity contribution >= 4 is 0 Å². The van der Waals surface area contributed by atoms with Gasteiger partial charge in [0, 0.05) is 11.3 Å². The molecule has 4 aliphatic rings. The first kappa shape index (κ1) is 17.1. The number of rotatable bonds is 0. The van der Waals surface area contributed by atoms with E-state index in [1.54, 1.807) is 0 Å². The van der Waals surface area contributed by atoms with Crippen molar-refractivity contribution in [3.05, 3.63) is 12.2 Å². The molecule has 4 rings (SSSR count). The first-order valence-electron chi connectivity index (χ1n) is 9.80. The maximum absolute atomic E-state index is 11.8. The maximum atomic E-state index is 11.8. The van der Waals surface area contributed by atoms with E-state index in [0.717, 1.165) is 32.1 Å². The Labute approximate surface area is 146 Å². The number of allylic oxidation sites excluding steroid dienone is 1. The van der Waals surface area contributed by atoms with Crippen molar-refractivity contribution in [2.75, 3.05) is 0 Å². The standard InChI is InChI=1S/C21H34O3/c1-13-9-11-21-17(23-19(5,6)24-21)16-14(2)8-7-10-20(16,22)12-15(13)18(21,3)4/h14-17,22H,1,7-12H2,2-6H3/t14-,15+,16+,17+,20+,21-/m1/s1. The number of fused-ring (bicyclic) bond motifs is 3. The van der Waals surface area contributed by atoms with E-state index in [0.29, 0.717) is 11.8 Å². The number of hydrogen-bond acceptors (Lipinski definition) is 3. The summed E-state index contributed by atoms with van der Waals surface area (Å²) >= 11 is 0. The number of ether oxygens (including phenoxy) is 2. The largest absolute Gasteiger partial charge is 0.389 e. The maximum Gasteiger partial charge on any atom is 0.164 e. The first-order valence-corrected chi connectivity index (χ1v) is 9.80. The van der Waals surface area contributed by atoms with Crippen molar-refractivity contribution in [2.45, 2.75) is 96.2 Å². The molecule has 1 spiro atoms. The number of aliphatic hydroxyl groups is 1. The molecule has 4 fully saturated rings. The van der Waals surface area contributed by atoms with Gasteiger partial charge in [-0.15, -0.1) is 0 Å². The van der Waals surface area contributed by atoms with Gasteiger partial charge in [0.25, 0.3) is 0 Å². The molecule has 0 aromatic carbocycles. The smallest absolute Gasteiger partial charge is 0.164 e. The summed E-state index contributed by atoms with van der Waals surface area (Å²) < 4.78 is 13.3. The van der Waals surface area contributed by atoms with E-state index in [4.69, 9.17) is 9.47 Å². The first-order chi connectivity index (χ1) is 11.0. The van der Waals surface area contributed by atoms with Crippen molar-refractivity contribution < 1.29 is 14.6 Å². The van der Waals surface area contributed by atoms with Crippen LogP contribution in [0.5, 0.6) is 0 Å². The lowest BCUT2D eigenvalue weighted by Crippen LogP contribution is -2.60. The minimum atomic E-state index is -0.650. The van der Waals surface area contributed by atoms with Crippen molar-refractivity contribution in [1.29, 1.82) is 0 Å². The van der Waals surface area contributed by atoms with Gasteiger partial charge in [0.15, 0.2) is 5.79 Å². The van der Waals surface area contributed by atoms with Gasteiger partial charge in [0.1, 0.15) is 5.60 Å². The molecule has 0 amide bonds. The Morgan fingerprint density at radius 1 is 1.17 bits per heavy atom. The Bertz CT molecular complexity index is 565. The zero-order chi connectivity index (χ0) is 17.5. The summed E-state index contributed by atoms with van der Waals surface area (Å²) in [6.07, 6.45) is 5.91. The highest BCUT2D eigenvalue weighted by molar-refractivity contribution is 5.26. The summed E-state index contributed by atoms with van der Waals surface area (Å²) in [4.78, 5) is 0. The molecule has 3 saturated carbocycles. The molecular weight excluding hydrogens is 300 g/mol. The van der Waals surface area contributed by atoms with Crippen LogP contribution < -0.4 is 0 Å². The SMILES string of the molecule is C=C1CC[C@@]23OC(C)(C)O[C@H]2[C@@H]2[C@H](C)CCC[C@]2(O)C[C@@H]1C3(C)C. The zero-order valence-electron chi connectivity index (χ0n) is 16.0. The Balaban J connectivity index is 1.92. The van der Waals surface area contributed by atoms with Crippen LogP contribution in [0, 0.1) is 23.2 Å². The molecule has 1 heterocycles.